The lowest BCUT2D eigenvalue weighted by Gasteiger charge is -2.10. The molecule has 0 aliphatic carbocycles. The number of aryl methyl sites for hydroxylation is 1. The summed E-state index contributed by atoms with van der Waals surface area (Å²) in [6, 6.07) is 3.90. The summed E-state index contributed by atoms with van der Waals surface area (Å²) in [6.07, 6.45) is 3.32. The largest absolute Gasteiger partial charge is 0.383 e. The molecule has 0 fully saturated rings. The normalized spacial score (nSPS) is 10.6. The molecule has 0 saturated carbocycles. The highest BCUT2D eigenvalue weighted by Gasteiger charge is 2.09. The number of halogens is 1. The Bertz CT molecular complexity index is 655. The number of methoxy groups -OCH3 is 1. The average molecular weight is 309 g/mol. The van der Waals surface area contributed by atoms with Crippen LogP contribution in [0.1, 0.15) is 11.3 Å². The van der Waals surface area contributed by atoms with Gasteiger partial charge in [0.1, 0.15) is 5.02 Å². The molecule has 0 aromatic carbocycles. The molecule has 0 saturated heterocycles. The number of aromatic nitrogens is 3. The van der Waals surface area contributed by atoms with Crippen LogP contribution < -0.4 is 10.9 Å². The number of nitrogens with zero attached hydrogens (tertiary/aromatic N) is 3. The third kappa shape index (κ3) is 4.03. The molecule has 0 bridgehead atoms. The standard InChI is InChI=1S/C14H17ClN4O2/c1-10-3-4-11(7-16-10)8-17-12-9-18-19(5-6-21-2)14(20)13(12)15/h3-4,7,9,17H,5-6,8H2,1-2H3. The second-order valence-electron chi connectivity index (χ2n) is 4.55. The topological polar surface area (TPSA) is 69.0 Å². The minimum Gasteiger partial charge on any atom is -0.383 e. The summed E-state index contributed by atoms with van der Waals surface area (Å²) >= 11 is 6.08. The zero-order valence-electron chi connectivity index (χ0n) is 12.0. The fourth-order valence-corrected chi connectivity index (χ4v) is 1.94. The summed E-state index contributed by atoms with van der Waals surface area (Å²) in [5.74, 6) is 0. The molecule has 2 heterocycles. The van der Waals surface area contributed by atoms with Crippen LogP contribution in [-0.2, 0) is 17.8 Å². The molecule has 2 aromatic heterocycles. The average Bonchev–Trinajstić information content (AvgIpc) is 2.49. The van der Waals surface area contributed by atoms with Crippen molar-refractivity contribution in [3.05, 3.63) is 51.2 Å². The predicted octanol–water partition coefficient (Wildman–Crippen LogP) is 1.86. The van der Waals surface area contributed by atoms with Gasteiger partial charge in [-0.2, -0.15) is 5.10 Å². The van der Waals surface area contributed by atoms with E-state index in [-0.39, 0.29) is 10.6 Å². The van der Waals surface area contributed by atoms with Gasteiger partial charge < -0.3 is 10.1 Å². The lowest BCUT2D eigenvalue weighted by Crippen LogP contribution is -2.26. The number of nitrogens with one attached hydrogen (secondary N) is 1. The van der Waals surface area contributed by atoms with Gasteiger partial charge >= 0.3 is 0 Å². The van der Waals surface area contributed by atoms with Crippen molar-refractivity contribution < 1.29 is 4.74 Å². The van der Waals surface area contributed by atoms with Gasteiger partial charge in [-0.1, -0.05) is 17.7 Å². The van der Waals surface area contributed by atoms with Crippen molar-refractivity contribution in [2.75, 3.05) is 19.0 Å². The Morgan fingerprint density at radius 3 is 2.86 bits per heavy atom. The van der Waals surface area contributed by atoms with Crippen molar-refractivity contribution in [2.24, 2.45) is 0 Å². The predicted molar refractivity (Wildman–Crippen MR) is 81.7 cm³/mol. The van der Waals surface area contributed by atoms with Crippen LogP contribution >= 0.6 is 11.6 Å². The third-order valence-electron chi connectivity index (χ3n) is 2.95. The summed E-state index contributed by atoms with van der Waals surface area (Å²) in [7, 11) is 1.57. The van der Waals surface area contributed by atoms with E-state index in [0.29, 0.717) is 25.4 Å². The van der Waals surface area contributed by atoms with Gasteiger partial charge in [0.25, 0.3) is 5.56 Å². The van der Waals surface area contributed by atoms with Crippen LogP contribution in [0, 0.1) is 6.92 Å². The molecular formula is C14H17ClN4O2. The number of hydrogen-bond acceptors (Lipinski definition) is 5. The summed E-state index contributed by atoms with van der Waals surface area (Å²) in [6.45, 7) is 3.23. The fraction of sp³-hybridized carbons (Fsp3) is 0.357. The highest BCUT2D eigenvalue weighted by atomic mass is 35.5. The number of hydrogen-bond donors (Lipinski definition) is 1. The number of rotatable bonds is 6. The highest BCUT2D eigenvalue weighted by molar-refractivity contribution is 6.32. The first-order chi connectivity index (χ1) is 10.1. The molecule has 1 N–H and O–H groups in total. The van der Waals surface area contributed by atoms with Gasteiger partial charge in [0, 0.05) is 25.5 Å². The molecule has 112 valence electrons. The Morgan fingerprint density at radius 2 is 2.19 bits per heavy atom. The summed E-state index contributed by atoms with van der Waals surface area (Å²) in [5.41, 5.74) is 2.14. The minimum atomic E-state index is -0.333. The highest BCUT2D eigenvalue weighted by Crippen LogP contribution is 2.16. The van der Waals surface area contributed by atoms with Gasteiger partial charge in [-0.05, 0) is 18.6 Å². The molecular weight excluding hydrogens is 292 g/mol. The van der Waals surface area contributed by atoms with Gasteiger partial charge in [0.15, 0.2) is 0 Å². The van der Waals surface area contributed by atoms with E-state index in [1.807, 2.05) is 19.1 Å². The van der Waals surface area contributed by atoms with Gasteiger partial charge in [0.2, 0.25) is 0 Å². The minimum absolute atomic E-state index is 0.126. The second kappa shape index (κ2) is 7.19. The summed E-state index contributed by atoms with van der Waals surface area (Å²) in [4.78, 5) is 16.2. The van der Waals surface area contributed by atoms with Gasteiger partial charge in [0.05, 0.1) is 25.0 Å². The van der Waals surface area contributed by atoms with E-state index in [1.54, 1.807) is 19.5 Å². The van der Waals surface area contributed by atoms with E-state index in [2.05, 4.69) is 15.4 Å². The van der Waals surface area contributed by atoms with Crippen molar-refractivity contribution in [3.63, 3.8) is 0 Å². The van der Waals surface area contributed by atoms with E-state index >= 15 is 0 Å². The van der Waals surface area contributed by atoms with E-state index in [0.717, 1.165) is 11.3 Å². The Kier molecular flexibility index (Phi) is 5.30. The van der Waals surface area contributed by atoms with E-state index in [1.165, 1.54) is 4.68 Å². The second-order valence-corrected chi connectivity index (χ2v) is 4.93. The van der Waals surface area contributed by atoms with Crippen LogP contribution in [0.4, 0.5) is 5.69 Å². The van der Waals surface area contributed by atoms with E-state index in [9.17, 15) is 4.79 Å². The summed E-state index contributed by atoms with van der Waals surface area (Å²) in [5, 5.41) is 7.28. The molecule has 0 unspecified atom stereocenters. The lowest BCUT2D eigenvalue weighted by molar-refractivity contribution is 0.182. The quantitative estimate of drug-likeness (QED) is 0.882. The monoisotopic (exact) mass is 308 g/mol. The molecule has 2 rings (SSSR count). The molecule has 0 radical (unpaired) electrons. The first-order valence-corrected chi connectivity index (χ1v) is 6.89. The first kappa shape index (κ1) is 15.5. The van der Waals surface area contributed by atoms with Crippen LogP contribution in [0.15, 0.2) is 29.3 Å². The molecule has 6 nitrogen and oxygen atoms in total. The maximum atomic E-state index is 12.0. The van der Waals surface area contributed by atoms with Crippen molar-refractivity contribution in [1.29, 1.82) is 0 Å². The van der Waals surface area contributed by atoms with Crippen LogP contribution in [0.25, 0.3) is 0 Å². The van der Waals surface area contributed by atoms with E-state index < -0.39 is 0 Å². The Morgan fingerprint density at radius 1 is 1.38 bits per heavy atom. The van der Waals surface area contributed by atoms with Crippen molar-refractivity contribution in [2.45, 2.75) is 20.0 Å². The van der Waals surface area contributed by atoms with Gasteiger partial charge in [-0.25, -0.2) is 4.68 Å². The van der Waals surface area contributed by atoms with Gasteiger partial charge in [-0.3, -0.25) is 9.78 Å². The fourth-order valence-electron chi connectivity index (χ4n) is 1.73. The molecule has 0 atom stereocenters. The zero-order chi connectivity index (χ0) is 15.2. The Labute approximate surface area is 127 Å². The smallest absolute Gasteiger partial charge is 0.287 e. The molecule has 7 heteroatoms. The van der Waals surface area contributed by atoms with Crippen molar-refractivity contribution >= 4 is 17.3 Å². The number of pyridine rings is 1. The lowest BCUT2D eigenvalue weighted by atomic mass is 10.2. The molecule has 0 amide bonds. The SMILES string of the molecule is COCCn1ncc(NCc2ccc(C)nc2)c(Cl)c1=O. The van der Waals surface area contributed by atoms with Crippen LogP contribution in [0.5, 0.6) is 0 Å². The maximum Gasteiger partial charge on any atom is 0.287 e. The van der Waals surface area contributed by atoms with Crippen molar-refractivity contribution in [3.8, 4) is 0 Å². The molecule has 21 heavy (non-hydrogen) atoms. The Balaban J connectivity index is 2.08. The number of anilines is 1. The van der Waals surface area contributed by atoms with Crippen LogP contribution in [0.2, 0.25) is 5.02 Å². The molecule has 0 spiro atoms. The van der Waals surface area contributed by atoms with Crippen LogP contribution in [0.3, 0.4) is 0 Å². The zero-order valence-corrected chi connectivity index (χ0v) is 12.7. The Hall–Kier alpha value is -1.92. The summed E-state index contributed by atoms with van der Waals surface area (Å²) < 4.78 is 6.20. The first-order valence-electron chi connectivity index (χ1n) is 6.52. The molecule has 0 aliphatic rings. The van der Waals surface area contributed by atoms with E-state index in [4.69, 9.17) is 16.3 Å². The molecule has 0 aliphatic heterocycles. The number of ether oxygens (including phenoxy) is 1. The third-order valence-corrected chi connectivity index (χ3v) is 3.31. The maximum absolute atomic E-state index is 12.0. The van der Waals surface area contributed by atoms with Crippen LogP contribution in [-0.4, -0.2) is 28.5 Å². The van der Waals surface area contributed by atoms with Gasteiger partial charge in [-0.15, -0.1) is 0 Å². The van der Waals surface area contributed by atoms with Crippen molar-refractivity contribution in [1.82, 2.24) is 14.8 Å². The molecule has 2 aromatic rings.